The Morgan fingerprint density at radius 3 is 2.38 bits per heavy atom. The minimum absolute atomic E-state index is 0.481. The first kappa shape index (κ1) is 18.2. The molecule has 0 radical (unpaired) electrons. The van der Waals surface area contributed by atoms with Crippen molar-refractivity contribution in [3.63, 3.8) is 0 Å². The molecule has 1 heterocycles. The van der Waals surface area contributed by atoms with Crippen LogP contribution in [0.4, 0.5) is 5.13 Å². The van der Waals surface area contributed by atoms with Crippen molar-refractivity contribution in [1.82, 2.24) is 15.2 Å². The lowest BCUT2D eigenvalue weighted by Crippen LogP contribution is -2.38. The molecular formula is C15H30N4OS. The van der Waals surface area contributed by atoms with E-state index in [9.17, 15) is 0 Å². The van der Waals surface area contributed by atoms with E-state index in [0.29, 0.717) is 12.0 Å². The van der Waals surface area contributed by atoms with Gasteiger partial charge in [-0.05, 0) is 26.4 Å². The van der Waals surface area contributed by atoms with Crippen molar-refractivity contribution in [2.75, 3.05) is 46.7 Å². The predicted octanol–water partition coefficient (Wildman–Crippen LogP) is 2.28. The number of ether oxygens (including phenoxy) is 1. The van der Waals surface area contributed by atoms with Crippen LogP contribution in [0.1, 0.15) is 25.1 Å². The molecule has 6 heteroatoms. The highest BCUT2D eigenvalue weighted by Gasteiger charge is 2.16. The molecule has 122 valence electrons. The Hall–Kier alpha value is -0.850. The first-order chi connectivity index (χ1) is 9.83. The molecule has 1 aromatic rings. The van der Waals surface area contributed by atoms with E-state index in [4.69, 9.17) is 4.74 Å². The quantitative estimate of drug-likeness (QED) is 0.757. The second-order valence-electron chi connectivity index (χ2n) is 6.29. The fourth-order valence-electron chi connectivity index (χ4n) is 2.26. The summed E-state index contributed by atoms with van der Waals surface area (Å²) in [4.78, 5) is 9.91. The number of hydrogen-bond donors (Lipinski definition) is 1. The molecule has 0 saturated carbocycles. The van der Waals surface area contributed by atoms with E-state index in [1.165, 1.54) is 6.42 Å². The Labute approximate surface area is 133 Å². The van der Waals surface area contributed by atoms with Gasteiger partial charge in [0.2, 0.25) is 5.88 Å². The highest BCUT2D eigenvalue weighted by molar-refractivity contribution is 7.15. The Kier molecular flexibility index (Phi) is 7.42. The summed E-state index contributed by atoms with van der Waals surface area (Å²) in [6, 6.07) is 0.481. The van der Waals surface area contributed by atoms with Crippen molar-refractivity contribution in [3.8, 4) is 5.88 Å². The van der Waals surface area contributed by atoms with E-state index >= 15 is 0 Å². The first-order valence-corrected chi connectivity index (χ1v) is 8.24. The Morgan fingerprint density at radius 2 is 1.90 bits per heavy atom. The monoisotopic (exact) mass is 314 g/mol. The SMILES string of the molecule is COc1nc(N(C)C)sc1CNC(CC(C)C)CN(C)C. The summed E-state index contributed by atoms with van der Waals surface area (Å²) < 4.78 is 5.39. The van der Waals surface area contributed by atoms with E-state index in [0.717, 1.165) is 29.0 Å². The molecule has 0 fully saturated rings. The summed E-state index contributed by atoms with van der Waals surface area (Å²) in [6.45, 7) is 6.38. The number of methoxy groups -OCH3 is 1. The molecule has 1 N–H and O–H groups in total. The van der Waals surface area contributed by atoms with Gasteiger partial charge in [-0.3, -0.25) is 0 Å². The van der Waals surface area contributed by atoms with Crippen LogP contribution >= 0.6 is 11.3 Å². The molecule has 0 aromatic carbocycles. The maximum atomic E-state index is 5.39. The standard InChI is InChI=1S/C15H30N4OS/c1-11(2)8-12(10-18(3)4)16-9-13-14(20-7)17-15(21-13)19(5)6/h11-12,16H,8-10H2,1-7H3. The van der Waals surface area contributed by atoms with Gasteiger partial charge in [0.25, 0.3) is 0 Å². The molecule has 0 aliphatic carbocycles. The molecule has 0 aliphatic rings. The van der Waals surface area contributed by atoms with Crippen molar-refractivity contribution in [3.05, 3.63) is 4.88 Å². The van der Waals surface area contributed by atoms with Gasteiger partial charge in [-0.25, -0.2) is 0 Å². The van der Waals surface area contributed by atoms with Crippen LogP contribution in [-0.2, 0) is 6.54 Å². The highest BCUT2D eigenvalue weighted by atomic mass is 32.1. The minimum Gasteiger partial charge on any atom is -0.480 e. The van der Waals surface area contributed by atoms with Crippen molar-refractivity contribution >= 4 is 16.5 Å². The van der Waals surface area contributed by atoms with Crippen LogP contribution in [0, 0.1) is 5.92 Å². The van der Waals surface area contributed by atoms with E-state index in [2.05, 4.69) is 43.1 Å². The summed E-state index contributed by atoms with van der Waals surface area (Å²) in [5, 5.41) is 4.64. The van der Waals surface area contributed by atoms with Crippen LogP contribution in [0.2, 0.25) is 0 Å². The number of likely N-dealkylation sites (N-methyl/N-ethyl adjacent to an activating group) is 1. The van der Waals surface area contributed by atoms with Crippen LogP contribution in [0.15, 0.2) is 0 Å². The van der Waals surface area contributed by atoms with Crippen LogP contribution in [-0.4, -0.2) is 57.8 Å². The second-order valence-corrected chi connectivity index (χ2v) is 7.36. The molecule has 0 bridgehead atoms. The number of rotatable bonds is 9. The molecule has 0 aliphatic heterocycles. The van der Waals surface area contributed by atoms with Crippen LogP contribution < -0.4 is 15.0 Å². The molecule has 21 heavy (non-hydrogen) atoms. The highest BCUT2D eigenvalue weighted by Crippen LogP contribution is 2.30. The third kappa shape index (κ3) is 6.20. The van der Waals surface area contributed by atoms with Gasteiger partial charge >= 0.3 is 0 Å². The fourth-order valence-corrected chi connectivity index (χ4v) is 3.16. The van der Waals surface area contributed by atoms with Gasteiger partial charge in [-0.15, -0.1) is 0 Å². The third-order valence-corrected chi connectivity index (χ3v) is 4.32. The van der Waals surface area contributed by atoms with Gasteiger partial charge in [0, 0.05) is 33.2 Å². The fraction of sp³-hybridized carbons (Fsp3) is 0.800. The third-order valence-electron chi connectivity index (χ3n) is 3.12. The van der Waals surface area contributed by atoms with Crippen molar-refractivity contribution in [2.45, 2.75) is 32.9 Å². The van der Waals surface area contributed by atoms with E-state index in [1.807, 2.05) is 19.0 Å². The zero-order chi connectivity index (χ0) is 16.0. The van der Waals surface area contributed by atoms with Crippen LogP contribution in [0.5, 0.6) is 5.88 Å². The lowest BCUT2D eigenvalue weighted by atomic mass is 10.0. The maximum Gasteiger partial charge on any atom is 0.230 e. The summed E-state index contributed by atoms with van der Waals surface area (Å²) in [5.74, 6) is 1.42. The van der Waals surface area contributed by atoms with E-state index < -0.39 is 0 Å². The number of aromatic nitrogens is 1. The van der Waals surface area contributed by atoms with Crippen molar-refractivity contribution in [2.24, 2.45) is 5.92 Å². The van der Waals surface area contributed by atoms with Gasteiger partial charge < -0.3 is 19.9 Å². The molecule has 1 unspecified atom stereocenters. The Bertz CT molecular complexity index is 408. The first-order valence-electron chi connectivity index (χ1n) is 7.42. The molecule has 1 atom stereocenters. The summed E-state index contributed by atoms with van der Waals surface area (Å²) in [5.41, 5.74) is 0. The van der Waals surface area contributed by atoms with Gasteiger partial charge in [-0.2, -0.15) is 4.98 Å². The molecular weight excluding hydrogens is 284 g/mol. The summed E-state index contributed by atoms with van der Waals surface area (Å²) in [6.07, 6.45) is 1.17. The van der Waals surface area contributed by atoms with Gasteiger partial charge in [0.15, 0.2) is 5.13 Å². The van der Waals surface area contributed by atoms with E-state index in [1.54, 1.807) is 18.4 Å². The van der Waals surface area contributed by atoms with Crippen LogP contribution in [0.3, 0.4) is 0 Å². The minimum atomic E-state index is 0.481. The molecule has 0 amide bonds. The zero-order valence-electron chi connectivity index (χ0n) is 14.4. The van der Waals surface area contributed by atoms with Gasteiger partial charge in [0.05, 0.1) is 12.0 Å². The Balaban J connectivity index is 2.69. The smallest absolute Gasteiger partial charge is 0.230 e. The maximum absolute atomic E-state index is 5.39. The number of anilines is 1. The Morgan fingerprint density at radius 1 is 1.24 bits per heavy atom. The summed E-state index contributed by atoms with van der Waals surface area (Å²) >= 11 is 1.69. The molecule has 1 rings (SSSR count). The second kappa shape index (κ2) is 8.56. The van der Waals surface area contributed by atoms with E-state index in [-0.39, 0.29) is 0 Å². The molecule has 1 aromatic heterocycles. The number of hydrogen-bond acceptors (Lipinski definition) is 6. The van der Waals surface area contributed by atoms with Gasteiger partial charge in [0.1, 0.15) is 0 Å². The molecule has 0 spiro atoms. The normalized spacial score (nSPS) is 13.0. The van der Waals surface area contributed by atoms with Gasteiger partial charge in [-0.1, -0.05) is 25.2 Å². The lowest BCUT2D eigenvalue weighted by Gasteiger charge is -2.23. The average Bonchev–Trinajstić information content (AvgIpc) is 2.78. The zero-order valence-corrected chi connectivity index (χ0v) is 15.3. The predicted molar refractivity (Wildman–Crippen MR) is 91.6 cm³/mol. The summed E-state index contributed by atoms with van der Waals surface area (Å²) in [7, 11) is 9.93. The lowest BCUT2D eigenvalue weighted by molar-refractivity contribution is 0.304. The molecule has 0 saturated heterocycles. The van der Waals surface area contributed by atoms with Crippen molar-refractivity contribution in [1.29, 1.82) is 0 Å². The largest absolute Gasteiger partial charge is 0.480 e. The topological polar surface area (TPSA) is 40.6 Å². The van der Waals surface area contributed by atoms with Crippen molar-refractivity contribution < 1.29 is 4.74 Å². The van der Waals surface area contributed by atoms with Crippen LogP contribution in [0.25, 0.3) is 0 Å². The average molecular weight is 314 g/mol. The molecule has 5 nitrogen and oxygen atoms in total. The number of thiazole rings is 1. The number of nitrogens with one attached hydrogen (secondary N) is 1. The number of nitrogens with zero attached hydrogens (tertiary/aromatic N) is 3.